The molecule has 1 heterocycles. The maximum atomic E-state index is 9.28. The molecular weight excluding hydrogens is 290 g/mol. The highest BCUT2D eigenvalue weighted by Crippen LogP contribution is 2.30. The van der Waals surface area contributed by atoms with E-state index in [4.69, 9.17) is 0 Å². The molecule has 0 saturated heterocycles. The molecule has 2 aromatic rings. The summed E-state index contributed by atoms with van der Waals surface area (Å²) in [5.74, 6) is 0. The molecule has 118 valence electrons. The largest absolute Gasteiger partial charge is 0.391 e. The Bertz CT molecular complexity index is 567. The van der Waals surface area contributed by atoms with Crippen molar-refractivity contribution in [2.75, 3.05) is 13.6 Å². The molecule has 0 radical (unpaired) electrons. The second kappa shape index (κ2) is 7.40. The summed E-state index contributed by atoms with van der Waals surface area (Å²) in [6, 6.07) is 13.7. The van der Waals surface area contributed by atoms with Crippen molar-refractivity contribution >= 4 is 11.3 Å². The van der Waals surface area contributed by atoms with E-state index in [2.05, 4.69) is 48.3 Å². The van der Waals surface area contributed by atoms with Gasteiger partial charge in [0, 0.05) is 22.3 Å². The lowest BCUT2D eigenvalue weighted by molar-refractivity contribution is 0.224. The fraction of sp³-hybridized carbons (Fsp3) is 0.474. The average molecular weight is 315 g/mol. The van der Waals surface area contributed by atoms with Crippen LogP contribution in [0.1, 0.15) is 33.7 Å². The lowest BCUT2D eigenvalue weighted by atomic mass is 10.1. The van der Waals surface area contributed by atoms with Gasteiger partial charge in [-0.05, 0) is 56.3 Å². The van der Waals surface area contributed by atoms with Gasteiger partial charge in [0.25, 0.3) is 0 Å². The molecule has 1 aromatic carbocycles. The Kier molecular flexibility index (Phi) is 5.29. The van der Waals surface area contributed by atoms with Crippen LogP contribution in [0.5, 0.6) is 0 Å². The molecule has 3 heteroatoms. The summed E-state index contributed by atoms with van der Waals surface area (Å²) in [5, 5.41) is 9.28. The van der Waals surface area contributed by atoms with Gasteiger partial charge in [0.15, 0.2) is 0 Å². The zero-order chi connectivity index (χ0) is 15.4. The van der Waals surface area contributed by atoms with Gasteiger partial charge in [-0.3, -0.25) is 0 Å². The van der Waals surface area contributed by atoms with Crippen molar-refractivity contribution < 1.29 is 5.11 Å². The van der Waals surface area contributed by atoms with E-state index in [1.54, 1.807) is 11.3 Å². The molecule has 0 bridgehead atoms. The van der Waals surface area contributed by atoms with Crippen LogP contribution in [0.2, 0.25) is 0 Å². The predicted octanol–water partition coefficient (Wildman–Crippen LogP) is 3.66. The van der Waals surface area contributed by atoms with Crippen LogP contribution in [0.3, 0.4) is 0 Å². The second-order valence-corrected chi connectivity index (χ2v) is 7.49. The number of nitrogens with zero attached hydrogens (tertiary/aromatic N) is 1. The van der Waals surface area contributed by atoms with E-state index < -0.39 is 0 Å². The fourth-order valence-corrected chi connectivity index (χ4v) is 4.46. The van der Waals surface area contributed by atoms with Crippen molar-refractivity contribution in [1.82, 2.24) is 4.90 Å². The smallest absolute Gasteiger partial charge is 0.0774 e. The monoisotopic (exact) mass is 315 g/mol. The van der Waals surface area contributed by atoms with Crippen molar-refractivity contribution in [2.45, 2.75) is 44.8 Å². The third kappa shape index (κ3) is 3.78. The number of hydrogen-bond donors (Lipinski definition) is 1. The maximum Gasteiger partial charge on any atom is 0.0774 e. The van der Waals surface area contributed by atoms with E-state index >= 15 is 0 Å². The van der Waals surface area contributed by atoms with Crippen LogP contribution in [0.15, 0.2) is 36.4 Å². The van der Waals surface area contributed by atoms with Crippen LogP contribution in [0, 0.1) is 0 Å². The highest BCUT2D eigenvalue weighted by atomic mass is 32.1. The molecule has 1 N–H and O–H groups in total. The molecule has 2 nitrogen and oxygen atoms in total. The van der Waals surface area contributed by atoms with Crippen LogP contribution in [-0.2, 0) is 25.9 Å². The minimum absolute atomic E-state index is 0.193. The van der Waals surface area contributed by atoms with Gasteiger partial charge in [-0.25, -0.2) is 0 Å². The molecule has 1 atom stereocenters. The predicted molar refractivity (Wildman–Crippen MR) is 93.4 cm³/mol. The molecular formula is C19H25NOS. The summed E-state index contributed by atoms with van der Waals surface area (Å²) in [5.41, 5.74) is 2.91. The number of aliphatic hydroxyl groups excluding tert-OH is 1. The van der Waals surface area contributed by atoms with E-state index in [1.807, 2.05) is 0 Å². The number of rotatable bonds is 5. The highest BCUT2D eigenvalue weighted by Gasteiger charge is 2.21. The average Bonchev–Trinajstić information content (AvgIpc) is 2.86. The number of benzene rings is 1. The minimum atomic E-state index is 0.193. The summed E-state index contributed by atoms with van der Waals surface area (Å²) >= 11 is 1.80. The Morgan fingerprint density at radius 1 is 1.18 bits per heavy atom. The molecule has 0 spiro atoms. The number of hydrogen-bond acceptors (Lipinski definition) is 3. The van der Waals surface area contributed by atoms with Crippen molar-refractivity contribution in [2.24, 2.45) is 0 Å². The number of likely N-dealkylation sites (N-methyl/N-ethyl adjacent to an activating group) is 1. The van der Waals surface area contributed by atoms with Gasteiger partial charge in [-0.2, -0.15) is 0 Å². The Balaban J connectivity index is 1.54. The summed E-state index contributed by atoms with van der Waals surface area (Å²) in [6.07, 6.45) is 5.93. The van der Waals surface area contributed by atoms with Gasteiger partial charge < -0.3 is 10.0 Å². The first-order chi connectivity index (χ1) is 10.8. The van der Waals surface area contributed by atoms with Crippen LogP contribution in [0.25, 0.3) is 0 Å². The normalized spacial score (nSPS) is 18.2. The molecule has 0 amide bonds. The lowest BCUT2D eigenvalue weighted by Crippen LogP contribution is -2.33. The lowest BCUT2D eigenvalue weighted by Gasteiger charge is -2.27. The van der Waals surface area contributed by atoms with Gasteiger partial charge in [0.1, 0.15) is 0 Å². The van der Waals surface area contributed by atoms with Gasteiger partial charge in [0.05, 0.1) is 6.61 Å². The molecule has 0 saturated carbocycles. The van der Waals surface area contributed by atoms with Crippen LogP contribution in [0.4, 0.5) is 0 Å². The van der Waals surface area contributed by atoms with Crippen molar-refractivity contribution in [3.05, 3.63) is 57.3 Å². The van der Waals surface area contributed by atoms with Gasteiger partial charge in [-0.1, -0.05) is 30.3 Å². The van der Waals surface area contributed by atoms with E-state index in [9.17, 15) is 5.11 Å². The molecule has 22 heavy (non-hydrogen) atoms. The summed E-state index contributed by atoms with van der Waals surface area (Å²) in [4.78, 5) is 5.17. The van der Waals surface area contributed by atoms with E-state index in [0.29, 0.717) is 6.04 Å². The number of thiophene rings is 1. The van der Waals surface area contributed by atoms with Crippen molar-refractivity contribution in [1.29, 1.82) is 0 Å². The first-order valence-electron chi connectivity index (χ1n) is 8.21. The Morgan fingerprint density at radius 3 is 2.73 bits per heavy atom. The van der Waals surface area contributed by atoms with Crippen molar-refractivity contribution in [3.8, 4) is 0 Å². The second-order valence-electron chi connectivity index (χ2n) is 6.27. The van der Waals surface area contributed by atoms with Gasteiger partial charge in [0.2, 0.25) is 0 Å². The van der Waals surface area contributed by atoms with E-state index in [1.165, 1.54) is 35.3 Å². The standard InChI is InChI=1S/C19H25NOS/c1-20(12-11-15-5-3-2-4-6-15)17-8-7-16-13-18(14-21)22-19(16)10-9-17/h2-6,13,17,21H,7-12,14H2,1H3. The van der Waals surface area contributed by atoms with Crippen molar-refractivity contribution in [3.63, 3.8) is 0 Å². The zero-order valence-electron chi connectivity index (χ0n) is 13.3. The Labute approximate surface area is 137 Å². The first-order valence-corrected chi connectivity index (χ1v) is 9.03. The first kappa shape index (κ1) is 15.7. The molecule has 1 aliphatic carbocycles. The quantitative estimate of drug-likeness (QED) is 0.851. The number of fused-ring (bicyclic) bond motifs is 1. The third-order valence-electron chi connectivity index (χ3n) is 4.77. The number of aryl methyl sites for hydroxylation is 2. The van der Waals surface area contributed by atoms with E-state index in [0.717, 1.165) is 24.3 Å². The molecule has 0 fully saturated rings. The maximum absolute atomic E-state index is 9.28. The molecule has 1 unspecified atom stereocenters. The van der Waals surface area contributed by atoms with Gasteiger partial charge in [-0.15, -0.1) is 11.3 Å². The van der Waals surface area contributed by atoms with Gasteiger partial charge >= 0.3 is 0 Å². The fourth-order valence-electron chi connectivity index (χ4n) is 3.37. The number of aliphatic hydroxyl groups is 1. The summed E-state index contributed by atoms with van der Waals surface area (Å²) in [6.45, 7) is 1.32. The van der Waals surface area contributed by atoms with Crippen LogP contribution < -0.4 is 0 Å². The topological polar surface area (TPSA) is 23.5 Å². The Morgan fingerprint density at radius 2 is 1.95 bits per heavy atom. The highest BCUT2D eigenvalue weighted by molar-refractivity contribution is 7.12. The third-order valence-corrected chi connectivity index (χ3v) is 6.00. The molecule has 1 aromatic heterocycles. The molecule has 3 rings (SSSR count). The summed E-state index contributed by atoms with van der Waals surface area (Å²) < 4.78 is 0. The summed E-state index contributed by atoms with van der Waals surface area (Å²) in [7, 11) is 2.27. The SMILES string of the molecule is CN(CCc1ccccc1)C1CCc2cc(CO)sc2CC1. The minimum Gasteiger partial charge on any atom is -0.391 e. The van der Waals surface area contributed by atoms with Crippen LogP contribution in [-0.4, -0.2) is 29.6 Å². The van der Waals surface area contributed by atoms with Crippen LogP contribution >= 0.6 is 11.3 Å². The molecule has 0 aliphatic heterocycles. The zero-order valence-corrected chi connectivity index (χ0v) is 14.1. The molecule has 1 aliphatic rings. The van der Waals surface area contributed by atoms with E-state index in [-0.39, 0.29) is 6.61 Å². The Hall–Kier alpha value is -1.16.